The molecular formula is C26H36N4O4. The van der Waals surface area contributed by atoms with Crippen LogP contribution in [0.3, 0.4) is 0 Å². The van der Waals surface area contributed by atoms with Gasteiger partial charge in [0.25, 0.3) is 5.56 Å². The van der Waals surface area contributed by atoms with Crippen LogP contribution < -0.4 is 10.9 Å². The first kappa shape index (κ1) is 25.6. The van der Waals surface area contributed by atoms with Crippen molar-refractivity contribution in [3.8, 4) is 11.4 Å². The smallest absolute Gasteiger partial charge is 0.323 e. The molecule has 3 aromatic rings. The molecule has 1 unspecified atom stereocenters. The van der Waals surface area contributed by atoms with Crippen LogP contribution in [-0.2, 0) is 23.1 Å². The number of nitrogens with zero attached hydrogens (tertiary/aromatic N) is 3. The number of ether oxygens (including phenoxy) is 1. The first-order valence-electron chi connectivity index (χ1n) is 11.8. The largest absolute Gasteiger partial charge is 0.462 e. The van der Waals surface area contributed by atoms with Gasteiger partial charge in [0.1, 0.15) is 11.9 Å². The van der Waals surface area contributed by atoms with Crippen molar-refractivity contribution >= 4 is 17.0 Å². The zero-order valence-corrected chi connectivity index (χ0v) is 21.1. The average Bonchev–Trinajstić information content (AvgIpc) is 3.14. The highest BCUT2D eigenvalue weighted by Gasteiger charge is 2.24. The van der Waals surface area contributed by atoms with E-state index in [0.717, 1.165) is 22.2 Å². The number of aliphatic hydroxyl groups excluding tert-OH is 1. The first-order chi connectivity index (χ1) is 16.0. The molecule has 8 nitrogen and oxygen atoms in total. The Kier molecular flexibility index (Phi) is 7.94. The Morgan fingerprint density at radius 1 is 1.18 bits per heavy atom. The summed E-state index contributed by atoms with van der Waals surface area (Å²) in [5, 5.41) is 13.2. The number of nitrogens with one attached hydrogen (secondary N) is 1. The van der Waals surface area contributed by atoms with Crippen molar-refractivity contribution in [2.24, 2.45) is 13.0 Å². The molecule has 2 atom stereocenters. The maximum absolute atomic E-state index is 12.5. The molecule has 0 aliphatic carbocycles. The monoisotopic (exact) mass is 468 g/mol. The van der Waals surface area contributed by atoms with Gasteiger partial charge in [-0.2, -0.15) is 0 Å². The van der Waals surface area contributed by atoms with Gasteiger partial charge in [0.2, 0.25) is 0 Å². The predicted octanol–water partition coefficient (Wildman–Crippen LogP) is 3.33. The van der Waals surface area contributed by atoms with Gasteiger partial charge in [-0.3, -0.25) is 9.59 Å². The Morgan fingerprint density at radius 2 is 1.88 bits per heavy atom. The van der Waals surface area contributed by atoms with Crippen molar-refractivity contribution in [1.82, 2.24) is 19.4 Å². The van der Waals surface area contributed by atoms with E-state index >= 15 is 0 Å². The van der Waals surface area contributed by atoms with Gasteiger partial charge in [-0.05, 0) is 57.4 Å². The number of carbonyl (C=O) groups excluding carboxylic acids is 1. The summed E-state index contributed by atoms with van der Waals surface area (Å²) < 4.78 is 8.96. The third kappa shape index (κ3) is 5.39. The molecule has 0 fully saturated rings. The Morgan fingerprint density at radius 3 is 2.47 bits per heavy atom. The molecule has 1 aromatic carbocycles. The van der Waals surface area contributed by atoms with Crippen molar-refractivity contribution in [3.05, 3.63) is 51.9 Å². The molecule has 0 aliphatic rings. The number of carbonyl (C=O) groups is 1. The number of imidazole rings is 1. The van der Waals surface area contributed by atoms with Crippen molar-refractivity contribution in [1.29, 1.82) is 0 Å². The van der Waals surface area contributed by atoms with E-state index in [4.69, 9.17) is 9.72 Å². The van der Waals surface area contributed by atoms with E-state index in [1.54, 1.807) is 24.7 Å². The SMILES string of the molecule is Cc1cc(-c2nc3cc(CNC(C(=O)OC(C)C)C(C)C)ccc3n2[C@@H](C)CO)cn(C)c1=O. The van der Waals surface area contributed by atoms with Gasteiger partial charge >= 0.3 is 5.97 Å². The summed E-state index contributed by atoms with van der Waals surface area (Å²) in [7, 11) is 1.72. The number of pyridine rings is 1. The molecule has 184 valence electrons. The van der Waals surface area contributed by atoms with E-state index in [2.05, 4.69) is 5.32 Å². The highest BCUT2D eigenvalue weighted by Crippen LogP contribution is 2.29. The normalized spacial score (nSPS) is 13.6. The fourth-order valence-electron chi connectivity index (χ4n) is 4.11. The van der Waals surface area contributed by atoms with Gasteiger partial charge in [0.05, 0.1) is 29.8 Å². The molecule has 34 heavy (non-hydrogen) atoms. The number of fused-ring (bicyclic) bond motifs is 1. The minimum absolute atomic E-state index is 0.0411. The average molecular weight is 469 g/mol. The Balaban J connectivity index is 1.98. The molecule has 2 aromatic heterocycles. The molecule has 0 radical (unpaired) electrons. The number of benzene rings is 1. The number of aryl methyl sites for hydroxylation is 2. The van der Waals surface area contributed by atoms with Crippen molar-refractivity contribution in [2.75, 3.05) is 6.61 Å². The zero-order valence-electron chi connectivity index (χ0n) is 21.1. The van der Waals surface area contributed by atoms with E-state index in [0.29, 0.717) is 17.9 Å². The van der Waals surface area contributed by atoms with E-state index in [-0.39, 0.29) is 36.2 Å². The molecule has 0 aliphatic heterocycles. The second kappa shape index (κ2) is 10.5. The summed E-state index contributed by atoms with van der Waals surface area (Å²) >= 11 is 0. The summed E-state index contributed by atoms with van der Waals surface area (Å²) in [6, 6.07) is 7.21. The van der Waals surface area contributed by atoms with Crippen LogP contribution in [-0.4, -0.2) is 43.9 Å². The maximum Gasteiger partial charge on any atom is 0.323 e. The van der Waals surface area contributed by atoms with Crippen molar-refractivity contribution < 1.29 is 14.6 Å². The van der Waals surface area contributed by atoms with Gasteiger partial charge in [-0.25, -0.2) is 4.98 Å². The summed E-state index contributed by atoms with van der Waals surface area (Å²) in [5.74, 6) is 0.527. The van der Waals surface area contributed by atoms with Crippen LogP contribution in [0, 0.1) is 12.8 Å². The summed E-state index contributed by atoms with van der Waals surface area (Å²) in [6.07, 6.45) is 1.61. The third-order valence-electron chi connectivity index (χ3n) is 5.88. The topological polar surface area (TPSA) is 98.4 Å². The quantitative estimate of drug-likeness (QED) is 0.468. The third-order valence-corrected chi connectivity index (χ3v) is 5.88. The van der Waals surface area contributed by atoms with Crippen LogP contribution in [0.15, 0.2) is 35.3 Å². The zero-order chi connectivity index (χ0) is 25.2. The minimum Gasteiger partial charge on any atom is -0.462 e. The van der Waals surface area contributed by atoms with E-state index in [9.17, 15) is 14.7 Å². The lowest BCUT2D eigenvalue weighted by Gasteiger charge is -2.22. The fraction of sp³-hybridized carbons (Fsp3) is 0.500. The number of aromatic nitrogens is 3. The number of rotatable bonds is 9. The highest BCUT2D eigenvalue weighted by molar-refractivity contribution is 5.81. The molecule has 0 amide bonds. The Hall–Kier alpha value is -2.97. The first-order valence-corrected chi connectivity index (χ1v) is 11.8. The van der Waals surface area contributed by atoms with E-state index in [1.165, 1.54) is 0 Å². The maximum atomic E-state index is 12.5. The Labute approximate surface area is 200 Å². The number of esters is 1. The fourth-order valence-corrected chi connectivity index (χ4v) is 4.11. The molecule has 0 saturated carbocycles. The van der Waals surface area contributed by atoms with Gasteiger partial charge in [0.15, 0.2) is 0 Å². The van der Waals surface area contributed by atoms with Crippen LogP contribution in [0.5, 0.6) is 0 Å². The number of hydrogen-bond acceptors (Lipinski definition) is 6. The molecule has 3 rings (SSSR count). The van der Waals surface area contributed by atoms with Gasteiger partial charge in [-0.1, -0.05) is 19.9 Å². The summed E-state index contributed by atoms with van der Waals surface area (Å²) in [4.78, 5) is 29.5. The molecular weight excluding hydrogens is 432 g/mol. The van der Waals surface area contributed by atoms with Crippen LogP contribution >= 0.6 is 0 Å². The van der Waals surface area contributed by atoms with Crippen molar-refractivity contribution in [3.63, 3.8) is 0 Å². The molecule has 8 heteroatoms. The highest BCUT2D eigenvalue weighted by atomic mass is 16.5. The number of hydrogen-bond donors (Lipinski definition) is 2. The summed E-state index contributed by atoms with van der Waals surface area (Å²) in [6.45, 7) is 11.8. The second-order valence-electron chi connectivity index (χ2n) is 9.58. The van der Waals surface area contributed by atoms with Crippen LogP contribution in [0.1, 0.15) is 51.8 Å². The minimum atomic E-state index is -0.408. The van der Waals surface area contributed by atoms with Gasteiger partial charge in [0, 0.05) is 30.9 Å². The molecule has 0 spiro atoms. The standard InChI is InChI=1S/C26H36N4O4/c1-15(2)23(26(33)34-16(3)4)27-12-19-8-9-22-21(11-19)28-24(30(22)18(6)14-31)20-10-17(5)25(32)29(7)13-20/h8-11,13,15-16,18,23,27,31H,12,14H2,1-7H3/t18-,23?/m0/s1. The van der Waals surface area contributed by atoms with Gasteiger partial charge < -0.3 is 24.3 Å². The second-order valence-corrected chi connectivity index (χ2v) is 9.58. The molecule has 2 N–H and O–H groups in total. The van der Waals surface area contributed by atoms with Gasteiger partial charge in [-0.15, -0.1) is 0 Å². The van der Waals surface area contributed by atoms with Crippen LogP contribution in [0.25, 0.3) is 22.4 Å². The van der Waals surface area contributed by atoms with E-state index in [1.807, 2.05) is 63.5 Å². The lowest BCUT2D eigenvalue weighted by molar-refractivity contribution is -0.151. The number of aliphatic hydroxyl groups is 1. The summed E-state index contributed by atoms with van der Waals surface area (Å²) in [5.41, 5.74) is 4.06. The molecule has 2 heterocycles. The molecule has 0 saturated heterocycles. The van der Waals surface area contributed by atoms with Crippen molar-refractivity contribution in [2.45, 2.75) is 66.3 Å². The van der Waals surface area contributed by atoms with Crippen LogP contribution in [0.2, 0.25) is 0 Å². The lowest BCUT2D eigenvalue weighted by Crippen LogP contribution is -2.42. The lowest BCUT2D eigenvalue weighted by atomic mass is 10.0. The van der Waals surface area contributed by atoms with E-state index < -0.39 is 6.04 Å². The molecule has 0 bridgehead atoms. The Bertz CT molecular complexity index is 1200. The van der Waals surface area contributed by atoms with Crippen LogP contribution in [0.4, 0.5) is 0 Å². The predicted molar refractivity (Wildman–Crippen MR) is 134 cm³/mol.